The molecule has 2 aromatic heterocycles. The van der Waals surface area contributed by atoms with Gasteiger partial charge in [0.05, 0.1) is 6.61 Å². The molecule has 0 saturated carbocycles. The van der Waals surface area contributed by atoms with E-state index in [-0.39, 0.29) is 0 Å². The molecular formula is C8H12N6O. The van der Waals surface area contributed by atoms with Crippen molar-refractivity contribution in [2.45, 2.75) is 0 Å². The minimum absolute atomic E-state index is 0.617. The zero-order valence-electron chi connectivity index (χ0n) is 8.64. The maximum atomic E-state index is 4.93. The first-order chi connectivity index (χ1) is 7.33. The summed E-state index contributed by atoms with van der Waals surface area (Å²) in [5.41, 5.74) is 1.39. The predicted octanol–water partition coefficient (Wildman–Crippen LogP) is -0.183. The quantitative estimate of drug-likeness (QED) is 0.702. The van der Waals surface area contributed by atoms with Gasteiger partial charge < -0.3 is 10.1 Å². The van der Waals surface area contributed by atoms with Crippen LogP contribution in [0.3, 0.4) is 0 Å². The molecule has 0 amide bonds. The minimum atomic E-state index is 0.617. The van der Waals surface area contributed by atoms with Crippen molar-refractivity contribution in [1.82, 2.24) is 25.0 Å². The summed E-state index contributed by atoms with van der Waals surface area (Å²) in [4.78, 5) is 8.18. The molecule has 0 aliphatic rings. The first-order valence-corrected chi connectivity index (χ1v) is 4.56. The van der Waals surface area contributed by atoms with E-state index >= 15 is 0 Å². The Morgan fingerprint density at radius 3 is 3.13 bits per heavy atom. The molecule has 0 aromatic carbocycles. The molecule has 0 fully saturated rings. The second-order valence-corrected chi connectivity index (χ2v) is 3.03. The SMILES string of the molecule is COCCNc1ncnc2c1nnn2C. The lowest BCUT2D eigenvalue weighted by Crippen LogP contribution is -2.09. The van der Waals surface area contributed by atoms with E-state index in [2.05, 4.69) is 25.6 Å². The summed E-state index contributed by atoms with van der Waals surface area (Å²) in [6.07, 6.45) is 1.49. The molecule has 2 rings (SSSR count). The standard InChI is InChI=1S/C8H12N6O/c1-14-8-6(12-13-14)7(10-5-11-8)9-3-4-15-2/h5H,3-4H2,1-2H3,(H,9,10,11). The number of nitrogens with one attached hydrogen (secondary N) is 1. The molecule has 0 aliphatic carbocycles. The third-order valence-corrected chi connectivity index (χ3v) is 1.99. The van der Waals surface area contributed by atoms with Gasteiger partial charge in [-0.05, 0) is 0 Å². The molecule has 0 spiro atoms. The molecule has 1 N–H and O–H groups in total. The lowest BCUT2D eigenvalue weighted by Gasteiger charge is -2.03. The van der Waals surface area contributed by atoms with Crippen molar-refractivity contribution in [1.29, 1.82) is 0 Å². The highest BCUT2D eigenvalue weighted by Gasteiger charge is 2.08. The van der Waals surface area contributed by atoms with Gasteiger partial charge in [-0.1, -0.05) is 5.21 Å². The highest BCUT2D eigenvalue weighted by Crippen LogP contribution is 2.14. The number of hydrogen-bond donors (Lipinski definition) is 1. The lowest BCUT2D eigenvalue weighted by atomic mass is 10.5. The van der Waals surface area contributed by atoms with E-state index in [1.807, 2.05) is 0 Å². The predicted molar refractivity (Wildman–Crippen MR) is 54.5 cm³/mol. The molecule has 0 saturated heterocycles. The first-order valence-electron chi connectivity index (χ1n) is 4.56. The van der Waals surface area contributed by atoms with Gasteiger partial charge in [-0.25, -0.2) is 14.6 Å². The monoisotopic (exact) mass is 208 g/mol. The van der Waals surface area contributed by atoms with E-state index in [0.29, 0.717) is 30.1 Å². The molecule has 7 heteroatoms. The third-order valence-electron chi connectivity index (χ3n) is 1.99. The zero-order chi connectivity index (χ0) is 10.7. The number of hydrogen-bond acceptors (Lipinski definition) is 6. The first kappa shape index (κ1) is 9.78. The van der Waals surface area contributed by atoms with Crippen LogP contribution >= 0.6 is 0 Å². The summed E-state index contributed by atoms with van der Waals surface area (Å²) < 4.78 is 6.54. The van der Waals surface area contributed by atoms with E-state index in [4.69, 9.17) is 4.74 Å². The van der Waals surface area contributed by atoms with Crippen LogP contribution in [-0.4, -0.2) is 45.2 Å². The molecule has 2 aromatic rings. The molecule has 0 unspecified atom stereocenters. The van der Waals surface area contributed by atoms with E-state index in [9.17, 15) is 0 Å². The molecule has 0 atom stereocenters. The van der Waals surface area contributed by atoms with Crippen molar-refractivity contribution in [2.24, 2.45) is 7.05 Å². The van der Waals surface area contributed by atoms with Crippen molar-refractivity contribution in [3.63, 3.8) is 0 Å². The Balaban J connectivity index is 2.26. The van der Waals surface area contributed by atoms with E-state index in [1.54, 1.807) is 18.8 Å². The van der Waals surface area contributed by atoms with Gasteiger partial charge in [0.15, 0.2) is 17.0 Å². The highest BCUT2D eigenvalue weighted by molar-refractivity contribution is 5.81. The summed E-state index contributed by atoms with van der Waals surface area (Å²) >= 11 is 0. The van der Waals surface area contributed by atoms with Crippen molar-refractivity contribution in [3.8, 4) is 0 Å². The topological polar surface area (TPSA) is 77.8 Å². The van der Waals surface area contributed by atoms with Crippen LogP contribution in [0.25, 0.3) is 11.2 Å². The lowest BCUT2D eigenvalue weighted by molar-refractivity contribution is 0.210. The number of ether oxygens (including phenoxy) is 1. The molecule has 0 aliphatic heterocycles. The summed E-state index contributed by atoms with van der Waals surface area (Å²) in [6, 6.07) is 0. The van der Waals surface area contributed by atoms with Crippen molar-refractivity contribution in [3.05, 3.63) is 6.33 Å². The van der Waals surface area contributed by atoms with Gasteiger partial charge in [0.25, 0.3) is 0 Å². The Bertz CT molecular complexity index is 453. The molecule has 0 radical (unpaired) electrons. The fourth-order valence-electron chi connectivity index (χ4n) is 1.25. The average molecular weight is 208 g/mol. The summed E-state index contributed by atoms with van der Waals surface area (Å²) in [5.74, 6) is 0.685. The fourth-order valence-corrected chi connectivity index (χ4v) is 1.25. The maximum absolute atomic E-state index is 4.93. The van der Waals surface area contributed by atoms with E-state index in [1.165, 1.54) is 6.33 Å². The largest absolute Gasteiger partial charge is 0.383 e. The van der Waals surface area contributed by atoms with Gasteiger partial charge in [-0.15, -0.1) is 5.10 Å². The van der Waals surface area contributed by atoms with Gasteiger partial charge in [-0.2, -0.15) is 0 Å². The third kappa shape index (κ3) is 1.86. The number of fused-ring (bicyclic) bond motifs is 1. The molecule has 2 heterocycles. The van der Waals surface area contributed by atoms with Crippen molar-refractivity contribution in [2.75, 3.05) is 25.6 Å². The van der Waals surface area contributed by atoms with Crippen LogP contribution in [0.2, 0.25) is 0 Å². The second-order valence-electron chi connectivity index (χ2n) is 3.03. The summed E-state index contributed by atoms with van der Waals surface area (Å²) in [6.45, 7) is 1.30. The van der Waals surface area contributed by atoms with Crippen molar-refractivity contribution >= 4 is 17.0 Å². The smallest absolute Gasteiger partial charge is 0.183 e. The van der Waals surface area contributed by atoms with Gasteiger partial charge in [-0.3, -0.25) is 0 Å². The highest BCUT2D eigenvalue weighted by atomic mass is 16.5. The maximum Gasteiger partial charge on any atom is 0.183 e. The Morgan fingerprint density at radius 1 is 1.47 bits per heavy atom. The number of aryl methyl sites for hydroxylation is 1. The van der Waals surface area contributed by atoms with Gasteiger partial charge in [0.1, 0.15) is 6.33 Å². The summed E-state index contributed by atoms with van der Waals surface area (Å²) in [7, 11) is 3.45. The normalized spacial score (nSPS) is 10.8. The van der Waals surface area contributed by atoms with Gasteiger partial charge >= 0.3 is 0 Å². The number of rotatable bonds is 4. The van der Waals surface area contributed by atoms with Crippen LogP contribution in [0, 0.1) is 0 Å². The minimum Gasteiger partial charge on any atom is -0.383 e. The van der Waals surface area contributed by atoms with Gasteiger partial charge in [0, 0.05) is 20.7 Å². The molecule has 80 valence electrons. The van der Waals surface area contributed by atoms with Crippen molar-refractivity contribution < 1.29 is 4.74 Å². The molecular weight excluding hydrogens is 196 g/mol. The van der Waals surface area contributed by atoms with Crippen LogP contribution < -0.4 is 5.32 Å². The molecule has 7 nitrogen and oxygen atoms in total. The number of methoxy groups -OCH3 is 1. The van der Waals surface area contributed by atoms with E-state index < -0.39 is 0 Å². The number of nitrogens with zero attached hydrogens (tertiary/aromatic N) is 5. The Kier molecular flexibility index (Phi) is 2.72. The second kappa shape index (κ2) is 4.18. The zero-order valence-corrected chi connectivity index (χ0v) is 8.64. The van der Waals surface area contributed by atoms with Crippen LogP contribution in [0.4, 0.5) is 5.82 Å². The molecule has 0 bridgehead atoms. The fraction of sp³-hybridized carbons (Fsp3) is 0.500. The van der Waals surface area contributed by atoms with Gasteiger partial charge in [0.2, 0.25) is 0 Å². The Morgan fingerprint density at radius 2 is 2.33 bits per heavy atom. The van der Waals surface area contributed by atoms with E-state index in [0.717, 1.165) is 0 Å². The Hall–Kier alpha value is -1.76. The van der Waals surface area contributed by atoms with Crippen LogP contribution in [0.5, 0.6) is 0 Å². The number of anilines is 1. The van der Waals surface area contributed by atoms with Crippen LogP contribution in [0.1, 0.15) is 0 Å². The van der Waals surface area contributed by atoms with Crippen LogP contribution in [0.15, 0.2) is 6.33 Å². The Labute approximate surface area is 86.5 Å². The summed E-state index contributed by atoms with van der Waals surface area (Å²) in [5, 5.41) is 11.0. The number of aromatic nitrogens is 5. The molecule has 15 heavy (non-hydrogen) atoms. The van der Waals surface area contributed by atoms with Crippen LogP contribution in [-0.2, 0) is 11.8 Å². The average Bonchev–Trinajstić information content (AvgIpc) is 2.62.